The van der Waals surface area contributed by atoms with Crippen LogP contribution in [-0.4, -0.2) is 20.3 Å². The monoisotopic (exact) mass is 194 g/mol. The van der Waals surface area contributed by atoms with E-state index in [2.05, 4.69) is 19.1 Å². The third-order valence-electron chi connectivity index (χ3n) is 2.15. The summed E-state index contributed by atoms with van der Waals surface area (Å²) in [4.78, 5) is 0. The van der Waals surface area contributed by atoms with Crippen LogP contribution in [0, 0.1) is 0 Å². The van der Waals surface area contributed by atoms with Crippen molar-refractivity contribution in [1.29, 1.82) is 0 Å². The van der Waals surface area contributed by atoms with Gasteiger partial charge in [0.1, 0.15) is 0 Å². The lowest BCUT2D eigenvalue weighted by Gasteiger charge is -2.15. The van der Waals surface area contributed by atoms with Gasteiger partial charge < -0.3 is 9.47 Å². The molecular formula is C12H18O2. The molecule has 2 nitrogen and oxygen atoms in total. The van der Waals surface area contributed by atoms with Crippen LogP contribution in [0.4, 0.5) is 0 Å². The Morgan fingerprint density at radius 1 is 1.14 bits per heavy atom. The average molecular weight is 194 g/mol. The van der Waals surface area contributed by atoms with Gasteiger partial charge >= 0.3 is 0 Å². The first kappa shape index (κ1) is 11.2. The van der Waals surface area contributed by atoms with Crippen LogP contribution in [-0.2, 0) is 9.47 Å². The second-order valence-electron chi connectivity index (χ2n) is 3.17. The predicted octanol–water partition coefficient (Wildman–Crippen LogP) is 2.80. The maximum atomic E-state index is 5.69. The molecule has 1 aromatic carbocycles. The molecule has 0 aliphatic heterocycles. The molecule has 0 heterocycles. The Balaban J connectivity index is 2.46. The Bertz CT molecular complexity index is 233. The molecule has 14 heavy (non-hydrogen) atoms. The highest BCUT2D eigenvalue weighted by molar-refractivity contribution is 5.17. The largest absolute Gasteiger partial charge is 0.382 e. The number of benzene rings is 1. The van der Waals surface area contributed by atoms with E-state index in [-0.39, 0.29) is 6.10 Å². The molecule has 0 amide bonds. The van der Waals surface area contributed by atoms with Crippen LogP contribution < -0.4 is 0 Å². The van der Waals surface area contributed by atoms with Gasteiger partial charge in [0, 0.05) is 7.11 Å². The third kappa shape index (κ3) is 3.48. The molecule has 1 unspecified atom stereocenters. The predicted molar refractivity (Wildman–Crippen MR) is 57.3 cm³/mol. The lowest BCUT2D eigenvalue weighted by atomic mass is 10.1. The molecule has 0 saturated heterocycles. The first-order valence-corrected chi connectivity index (χ1v) is 5.04. The fraction of sp³-hybridized carbons (Fsp3) is 0.500. The van der Waals surface area contributed by atoms with E-state index in [4.69, 9.17) is 9.47 Å². The van der Waals surface area contributed by atoms with Crippen molar-refractivity contribution in [2.24, 2.45) is 0 Å². The fourth-order valence-corrected chi connectivity index (χ4v) is 1.39. The van der Waals surface area contributed by atoms with Gasteiger partial charge in [0.05, 0.1) is 19.3 Å². The molecule has 0 N–H and O–H groups in total. The highest BCUT2D eigenvalue weighted by atomic mass is 16.5. The quantitative estimate of drug-likeness (QED) is 0.648. The Hall–Kier alpha value is -0.860. The minimum absolute atomic E-state index is 0.200. The van der Waals surface area contributed by atoms with Gasteiger partial charge in [0.2, 0.25) is 0 Å². The van der Waals surface area contributed by atoms with Crippen molar-refractivity contribution >= 4 is 0 Å². The molecule has 1 aromatic rings. The number of rotatable bonds is 6. The summed E-state index contributed by atoms with van der Waals surface area (Å²) in [5.74, 6) is 0. The van der Waals surface area contributed by atoms with E-state index in [0.29, 0.717) is 13.2 Å². The molecule has 0 spiro atoms. The number of ether oxygens (including phenoxy) is 2. The molecule has 1 atom stereocenters. The van der Waals surface area contributed by atoms with Gasteiger partial charge in [-0.1, -0.05) is 37.3 Å². The minimum Gasteiger partial charge on any atom is -0.382 e. The average Bonchev–Trinajstić information content (AvgIpc) is 2.26. The zero-order valence-corrected chi connectivity index (χ0v) is 8.90. The smallest absolute Gasteiger partial charge is 0.0823 e. The van der Waals surface area contributed by atoms with Crippen molar-refractivity contribution in [2.45, 2.75) is 19.4 Å². The van der Waals surface area contributed by atoms with Gasteiger partial charge in [-0.25, -0.2) is 0 Å². The van der Waals surface area contributed by atoms with Crippen LogP contribution >= 0.6 is 0 Å². The van der Waals surface area contributed by atoms with E-state index < -0.39 is 0 Å². The van der Waals surface area contributed by atoms with Crippen molar-refractivity contribution in [3.8, 4) is 0 Å². The maximum Gasteiger partial charge on any atom is 0.0823 e. The number of hydrogen-bond donors (Lipinski definition) is 0. The van der Waals surface area contributed by atoms with Crippen LogP contribution in [0.3, 0.4) is 0 Å². The first-order valence-electron chi connectivity index (χ1n) is 5.04. The lowest BCUT2D eigenvalue weighted by Crippen LogP contribution is -2.08. The summed E-state index contributed by atoms with van der Waals surface area (Å²) >= 11 is 0. The molecule has 2 heteroatoms. The second kappa shape index (κ2) is 6.57. The molecule has 78 valence electrons. The lowest BCUT2D eigenvalue weighted by molar-refractivity contribution is 0.0145. The molecule has 0 fully saturated rings. The standard InChI is InChI=1S/C12H18O2/c1-3-12(14-10-9-13-2)11-7-5-4-6-8-11/h4-8,12H,3,9-10H2,1-2H3. The van der Waals surface area contributed by atoms with Crippen molar-refractivity contribution in [2.75, 3.05) is 20.3 Å². The number of hydrogen-bond acceptors (Lipinski definition) is 2. The zero-order chi connectivity index (χ0) is 10.2. The SMILES string of the molecule is CCC(OCCOC)c1ccccc1. The Labute approximate surface area is 85.8 Å². The van der Waals surface area contributed by atoms with Gasteiger partial charge in [-0.2, -0.15) is 0 Å². The summed E-state index contributed by atoms with van der Waals surface area (Å²) in [5.41, 5.74) is 1.24. The Kier molecular flexibility index (Phi) is 5.27. The Morgan fingerprint density at radius 2 is 1.86 bits per heavy atom. The highest BCUT2D eigenvalue weighted by Crippen LogP contribution is 2.19. The minimum atomic E-state index is 0.200. The van der Waals surface area contributed by atoms with Crippen molar-refractivity contribution in [3.63, 3.8) is 0 Å². The van der Waals surface area contributed by atoms with Crippen LogP contribution in [0.1, 0.15) is 25.0 Å². The van der Waals surface area contributed by atoms with Crippen molar-refractivity contribution in [3.05, 3.63) is 35.9 Å². The van der Waals surface area contributed by atoms with Crippen LogP contribution in [0.15, 0.2) is 30.3 Å². The zero-order valence-electron chi connectivity index (χ0n) is 8.90. The van der Waals surface area contributed by atoms with Crippen molar-refractivity contribution < 1.29 is 9.47 Å². The summed E-state index contributed by atoms with van der Waals surface area (Å²) < 4.78 is 10.6. The summed E-state index contributed by atoms with van der Waals surface area (Å²) in [7, 11) is 1.69. The van der Waals surface area contributed by atoms with Gasteiger partial charge in [0.25, 0.3) is 0 Å². The first-order chi connectivity index (χ1) is 6.88. The van der Waals surface area contributed by atoms with Crippen molar-refractivity contribution in [1.82, 2.24) is 0 Å². The molecule has 0 aliphatic carbocycles. The number of methoxy groups -OCH3 is 1. The highest BCUT2D eigenvalue weighted by Gasteiger charge is 2.07. The van der Waals surface area contributed by atoms with E-state index in [1.165, 1.54) is 5.56 Å². The molecule has 0 aromatic heterocycles. The van der Waals surface area contributed by atoms with E-state index in [1.54, 1.807) is 7.11 Å². The van der Waals surface area contributed by atoms with Gasteiger partial charge in [0.15, 0.2) is 0 Å². The van der Waals surface area contributed by atoms with E-state index in [0.717, 1.165) is 6.42 Å². The molecule has 0 bridgehead atoms. The fourth-order valence-electron chi connectivity index (χ4n) is 1.39. The van der Waals surface area contributed by atoms with Gasteiger partial charge in [-0.3, -0.25) is 0 Å². The van der Waals surface area contributed by atoms with E-state index >= 15 is 0 Å². The van der Waals surface area contributed by atoms with E-state index in [9.17, 15) is 0 Å². The third-order valence-corrected chi connectivity index (χ3v) is 2.15. The summed E-state index contributed by atoms with van der Waals surface area (Å²) in [6.07, 6.45) is 1.19. The molecule has 1 rings (SSSR count). The maximum absolute atomic E-state index is 5.69. The molecular weight excluding hydrogens is 176 g/mol. The van der Waals surface area contributed by atoms with E-state index in [1.807, 2.05) is 18.2 Å². The topological polar surface area (TPSA) is 18.5 Å². The Morgan fingerprint density at radius 3 is 2.43 bits per heavy atom. The summed E-state index contributed by atoms with van der Waals surface area (Å²) in [6.45, 7) is 3.44. The second-order valence-corrected chi connectivity index (χ2v) is 3.17. The van der Waals surface area contributed by atoms with Gasteiger partial charge in [-0.15, -0.1) is 0 Å². The molecule has 0 aliphatic rings. The molecule has 0 radical (unpaired) electrons. The van der Waals surface area contributed by atoms with Gasteiger partial charge in [-0.05, 0) is 12.0 Å². The molecule has 0 saturated carbocycles. The van der Waals surface area contributed by atoms with Crippen LogP contribution in [0.25, 0.3) is 0 Å². The summed E-state index contributed by atoms with van der Waals surface area (Å²) in [5, 5.41) is 0. The van der Waals surface area contributed by atoms with Crippen LogP contribution in [0.2, 0.25) is 0 Å². The summed E-state index contributed by atoms with van der Waals surface area (Å²) in [6, 6.07) is 10.3. The normalized spacial score (nSPS) is 12.7. The van der Waals surface area contributed by atoms with Crippen LogP contribution in [0.5, 0.6) is 0 Å².